The molecule has 4 nitrogen and oxygen atoms in total. The first-order valence-electron chi connectivity index (χ1n) is 15.0. The molecule has 4 heteroatoms. The molecular formula is C32H56O4. The van der Waals surface area contributed by atoms with Gasteiger partial charge < -0.3 is 9.84 Å². The number of hydrogen-bond acceptors (Lipinski definition) is 3. The molecular weight excluding hydrogens is 448 g/mol. The maximum atomic E-state index is 12.1. The Morgan fingerprint density at radius 1 is 0.639 bits per heavy atom. The lowest BCUT2D eigenvalue weighted by molar-refractivity contribution is -0.164. The largest absolute Gasteiger partial charge is 0.479 e. The quantitative estimate of drug-likeness (QED) is 0.0723. The number of hydrogen-bond donors (Lipinski definition) is 1. The molecule has 0 aromatic carbocycles. The molecule has 0 aromatic rings. The lowest BCUT2D eigenvalue weighted by Crippen LogP contribution is -2.27. The SMILES string of the molecule is CC/C=C\C/C=C\C/C=C\CCCCCCCC(=O)OC(CCCCCCCCCCCC)C(=O)O. The van der Waals surface area contributed by atoms with Crippen molar-refractivity contribution in [3.05, 3.63) is 36.5 Å². The van der Waals surface area contributed by atoms with E-state index in [2.05, 4.69) is 50.3 Å². The summed E-state index contributed by atoms with van der Waals surface area (Å²) >= 11 is 0. The van der Waals surface area contributed by atoms with E-state index in [-0.39, 0.29) is 5.97 Å². The fraction of sp³-hybridized carbons (Fsp3) is 0.750. The molecule has 0 fully saturated rings. The zero-order chi connectivity index (χ0) is 26.5. The number of carbonyl (C=O) groups excluding carboxylic acids is 1. The number of aliphatic carboxylic acids is 1. The molecule has 36 heavy (non-hydrogen) atoms. The molecule has 1 unspecified atom stereocenters. The van der Waals surface area contributed by atoms with Crippen LogP contribution in [0.4, 0.5) is 0 Å². The summed E-state index contributed by atoms with van der Waals surface area (Å²) in [5.74, 6) is -1.38. The van der Waals surface area contributed by atoms with Crippen LogP contribution in [0, 0.1) is 0 Å². The molecule has 0 aromatic heterocycles. The van der Waals surface area contributed by atoms with Gasteiger partial charge in [0.15, 0.2) is 6.10 Å². The van der Waals surface area contributed by atoms with Crippen molar-refractivity contribution < 1.29 is 19.4 Å². The van der Waals surface area contributed by atoms with Gasteiger partial charge in [0.2, 0.25) is 0 Å². The highest BCUT2D eigenvalue weighted by molar-refractivity contribution is 5.77. The van der Waals surface area contributed by atoms with Gasteiger partial charge >= 0.3 is 11.9 Å². The van der Waals surface area contributed by atoms with E-state index < -0.39 is 12.1 Å². The van der Waals surface area contributed by atoms with Gasteiger partial charge in [-0.25, -0.2) is 4.79 Å². The topological polar surface area (TPSA) is 63.6 Å². The van der Waals surface area contributed by atoms with Crippen molar-refractivity contribution in [3.8, 4) is 0 Å². The Bertz CT molecular complexity index is 591. The van der Waals surface area contributed by atoms with Gasteiger partial charge in [-0.1, -0.05) is 127 Å². The number of carboxylic acid groups (broad SMARTS) is 1. The van der Waals surface area contributed by atoms with Crippen molar-refractivity contribution in [2.24, 2.45) is 0 Å². The molecule has 0 amide bonds. The maximum Gasteiger partial charge on any atom is 0.345 e. The Morgan fingerprint density at radius 2 is 1.14 bits per heavy atom. The summed E-state index contributed by atoms with van der Waals surface area (Å²) in [6.07, 6.45) is 34.5. The molecule has 0 spiro atoms. The lowest BCUT2D eigenvalue weighted by atomic mass is 10.0. The van der Waals surface area contributed by atoms with Crippen LogP contribution in [-0.2, 0) is 14.3 Å². The highest BCUT2D eigenvalue weighted by Gasteiger charge is 2.21. The average Bonchev–Trinajstić information content (AvgIpc) is 2.86. The smallest absolute Gasteiger partial charge is 0.345 e. The summed E-state index contributed by atoms with van der Waals surface area (Å²) in [6, 6.07) is 0. The summed E-state index contributed by atoms with van der Waals surface area (Å²) in [4.78, 5) is 23.5. The van der Waals surface area contributed by atoms with Crippen LogP contribution in [0.25, 0.3) is 0 Å². The van der Waals surface area contributed by atoms with E-state index in [9.17, 15) is 14.7 Å². The van der Waals surface area contributed by atoms with Gasteiger partial charge in [-0.15, -0.1) is 0 Å². The summed E-state index contributed by atoms with van der Waals surface area (Å²) in [5, 5.41) is 9.38. The number of ether oxygens (including phenoxy) is 1. The van der Waals surface area contributed by atoms with Crippen LogP contribution in [0.2, 0.25) is 0 Å². The second-order valence-corrected chi connectivity index (χ2v) is 9.89. The van der Waals surface area contributed by atoms with E-state index in [4.69, 9.17) is 4.74 Å². The van der Waals surface area contributed by atoms with E-state index in [1.54, 1.807) is 0 Å². The van der Waals surface area contributed by atoms with Crippen molar-refractivity contribution in [2.75, 3.05) is 0 Å². The number of carboxylic acids is 1. The van der Waals surface area contributed by atoms with Crippen LogP contribution < -0.4 is 0 Å². The van der Waals surface area contributed by atoms with E-state index >= 15 is 0 Å². The fourth-order valence-electron chi connectivity index (χ4n) is 4.16. The molecule has 0 saturated carbocycles. The Kier molecular flexibility index (Phi) is 26.3. The first-order chi connectivity index (χ1) is 17.6. The third kappa shape index (κ3) is 25.3. The van der Waals surface area contributed by atoms with Crippen molar-refractivity contribution in [3.63, 3.8) is 0 Å². The summed E-state index contributed by atoms with van der Waals surface area (Å²) in [5.41, 5.74) is 0. The minimum Gasteiger partial charge on any atom is -0.479 e. The molecule has 0 radical (unpaired) electrons. The zero-order valence-corrected chi connectivity index (χ0v) is 23.6. The molecule has 1 N–H and O–H groups in total. The second-order valence-electron chi connectivity index (χ2n) is 9.89. The minimum absolute atomic E-state index is 0.321. The highest BCUT2D eigenvalue weighted by Crippen LogP contribution is 2.14. The molecule has 1 atom stereocenters. The number of allylic oxidation sites excluding steroid dienone is 6. The summed E-state index contributed by atoms with van der Waals surface area (Å²) < 4.78 is 5.26. The average molecular weight is 505 g/mol. The van der Waals surface area contributed by atoms with E-state index in [1.807, 2.05) is 0 Å². The van der Waals surface area contributed by atoms with Gasteiger partial charge in [0.25, 0.3) is 0 Å². The third-order valence-corrected chi connectivity index (χ3v) is 6.40. The van der Waals surface area contributed by atoms with Gasteiger partial charge in [-0.05, 0) is 51.4 Å². The van der Waals surface area contributed by atoms with Crippen LogP contribution in [0.15, 0.2) is 36.5 Å². The van der Waals surface area contributed by atoms with Gasteiger partial charge in [-0.3, -0.25) is 4.79 Å². The van der Waals surface area contributed by atoms with Crippen LogP contribution in [0.5, 0.6) is 0 Å². The van der Waals surface area contributed by atoms with Crippen molar-refractivity contribution >= 4 is 11.9 Å². The monoisotopic (exact) mass is 504 g/mol. The fourth-order valence-corrected chi connectivity index (χ4v) is 4.16. The third-order valence-electron chi connectivity index (χ3n) is 6.40. The molecule has 0 aliphatic heterocycles. The molecule has 0 aliphatic rings. The molecule has 0 aliphatic carbocycles. The van der Waals surface area contributed by atoms with E-state index in [0.29, 0.717) is 12.8 Å². The predicted molar refractivity (Wildman–Crippen MR) is 153 cm³/mol. The van der Waals surface area contributed by atoms with Gasteiger partial charge in [0.1, 0.15) is 0 Å². The standard InChI is InChI=1S/C32H56O4/c1-3-5-7-9-11-13-15-16-17-18-19-21-23-25-27-29-31(33)36-30(32(34)35)28-26-24-22-20-14-12-10-8-6-4-2/h5,7,11,13,16-17,30H,3-4,6,8-10,12,14-15,18-29H2,1-2H3,(H,34,35)/b7-5-,13-11-,17-16-. The Balaban J connectivity index is 3.66. The number of rotatable bonds is 26. The summed E-state index contributed by atoms with van der Waals surface area (Å²) in [7, 11) is 0. The number of esters is 1. The zero-order valence-electron chi connectivity index (χ0n) is 23.6. The van der Waals surface area contributed by atoms with E-state index in [1.165, 1.54) is 51.4 Å². The number of carbonyl (C=O) groups is 2. The normalized spacial score (nSPS) is 12.7. The minimum atomic E-state index is -1.02. The molecule has 0 heterocycles. The Hall–Kier alpha value is -1.84. The van der Waals surface area contributed by atoms with Crippen LogP contribution >= 0.6 is 0 Å². The first-order valence-corrected chi connectivity index (χ1v) is 15.0. The Morgan fingerprint density at radius 3 is 1.72 bits per heavy atom. The predicted octanol–water partition coefficient (Wildman–Crippen LogP) is 9.88. The lowest BCUT2D eigenvalue weighted by Gasteiger charge is -2.13. The highest BCUT2D eigenvalue weighted by atomic mass is 16.6. The van der Waals surface area contributed by atoms with Gasteiger partial charge in [0.05, 0.1) is 0 Å². The summed E-state index contributed by atoms with van der Waals surface area (Å²) in [6.45, 7) is 4.38. The van der Waals surface area contributed by atoms with Gasteiger partial charge in [0, 0.05) is 6.42 Å². The van der Waals surface area contributed by atoms with Crippen molar-refractivity contribution in [2.45, 2.75) is 155 Å². The molecule has 0 rings (SSSR count). The van der Waals surface area contributed by atoms with Gasteiger partial charge in [-0.2, -0.15) is 0 Å². The second kappa shape index (κ2) is 27.7. The molecule has 0 saturated heterocycles. The first kappa shape index (κ1) is 34.2. The van der Waals surface area contributed by atoms with Crippen molar-refractivity contribution in [1.82, 2.24) is 0 Å². The van der Waals surface area contributed by atoms with Crippen molar-refractivity contribution in [1.29, 1.82) is 0 Å². The maximum absolute atomic E-state index is 12.1. The Labute approximate surface area is 222 Å². The number of unbranched alkanes of at least 4 members (excludes halogenated alkanes) is 14. The molecule has 208 valence electrons. The van der Waals surface area contributed by atoms with Crippen LogP contribution in [0.1, 0.15) is 149 Å². The van der Waals surface area contributed by atoms with Crippen LogP contribution in [0.3, 0.4) is 0 Å². The van der Waals surface area contributed by atoms with E-state index in [0.717, 1.165) is 70.6 Å². The van der Waals surface area contributed by atoms with Crippen LogP contribution in [-0.4, -0.2) is 23.1 Å². The molecule has 0 bridgehead atoms.